The average molecular weight is 272 g/mol. The Morgan fingerprint density at radius 1 is 1.23 bits per heavy atom. The second kappa shape index (κ2) is 5.97. The van der Waals surface area contributed by atoms with Gasteiger partial charge in [0.2, 0.25) is 0 Å². The van der Waals surface area contributed by atoms with Crippen molar-refractivity contribution >= 4 is 5.97 Å². The number of carbonyl (C=O) groups excluding carboxylic acids is 1. The van der Waals surface area contributed by atoms with Crippen molar-refractivity contribution in [1.29, 1.82) is 0 Å². The summed E-state index contributed by atoms with van der Waals surface area (Å²) >= 11 is 0. The Hall–Kier alpha value is -0.570. The minimum absolute atomic E-state index is 0. The van der Waals surface area contributed by atoms with E-state index in [-0.39, 0.29) is 34.3 Å². The van der Waals surface area contributed by atoms with Gasteiger partial charge in [0.25, 0.3) is 0 Å². The zero-order chi connectivity index (χ0) is 8.97. The molecule has 0 saturated carbocycles. The third kappa shape index (κ3) is 4.27. The Balaban J connectivity index is 0.00000144. The molecule has 75 valence electrons. The standard InChI is InChI=1S/C10H12O2.Ag/c1-8(2)10(11)12-9-6-4-3-5-7-9;/h3-8H,1-2H3;. The summed E-state index contributed by atoms with van der Waals surface area (Å²) < 4.78 is 5.04. The van der Waals surface area contributed by atoms with Crippen molar-refractivity contribution in [3.8, 4) is 5.75 Å². The first-order chi connectivity index (χ1) is 5.70. The second-order valence-electron chi connectivity index (χ2n) is 2.89. The van der Waals surface area contributed by atoms with Crippen LogP contribution in [-0.2, 0) is 27.2 Å². The maximum Gasteiger partial charge on any atom is 0.313 e. The van der Waals surface area contributed by atoms with Crippen LogP contribution in [0.5, 0.6) is 5.75 Å². The van der Waals surface area contributed by atoms with E-state index < -0.39 is 0 Å². The van der Waals surface area contributed by atoms with E-state index in [4.69, 9.17) is 4.74 Å². The summed E-state index contributed by atoms with van der Waals surface area (Å²) in [6.45, 7) is 3.62. The summed E-state index contributed by atoms with van der Waals surface area (Å²) in [7, 11) is 0. The number of para-hydroxylation sites is 1. The van der Waals surface area contributed by atoms with Crippen LogP contribution in [0.25, 0.3) is 0 Å². The topological polar surface area (TPSA) is 26.3 Å². The van der Waals surface area contributed by atoms with Gasteiger partial charge in [0, 0.05) is 22.4 Å². The Morgan fingerprint density at radius 3 is 2.23 bits per heavy atom. The average Bonchev–Trinajstić information content (AvgIpc) is 2.06. The van der Waals surface area contributed by atoms with Gasteiger partial charge in [-0.3, -0.25) is 4.79 Å². The molecule has 0 heterocycles. The van der Waals surface area contributed by atoms with Gasteiger partial charge in [-0.15, -0.1) is 0 Å². The summed E-state index contributed by atoms with van der Waals surface area (Å²) in [5.41, 5.74) is 0. The Bertz CT molecular complexity index is 257. The number of hydrogen-bond acceptors (Lipinski definition) is 2. The summed E-state index contributed by atoms with van der Waals surface area (Å²) in [5.74, 6) is 0.336. The van der Waals surface area contributed by atoms with Gasteiger partial charge in [-0.1, -0.05) is 32.0 Å². The van der Waals surface area contributed by atoms with Gasteiger partial charge in [0.05, 0.1) is 5.92 Å². The predicted octanol–water partition coefficient (Wildman–Crippen LogP) is 2.25. The first kappa shape index (κ1) is 12.4. The fraction of sp³-hybridized carbons (Fsp3) is 0.300. The van der Waals surface area contributed by atoms with Crippen LogP contribution in [0.1, 0.15) is 13.8 Å². The van der Waals surface area contributed by atoms with E-state index in [2.05, 4.69) is 0 Å². The minimum atomic E-state index is -0.193. The molecule has 0 fully saturated rings. The zero-order valence-corrected chi connectivity index (χ0v) is 9.06. The molecule has 13 heavy (non-hydrogen) atoms. The number of rotatable bonds is 2. The van der Waals surface area contributed by atoms with E-state index in [1.807, 2.05) is 32.0 Å². The van der Waals surface area contributed by atoms with Gasteiger partial charge in [0.1, 0.15) is 5.75 Å². The molecule has 0 aliphatic heterocycles. The molecule has 0 aliphatic carbocycles. The molecule has 0 aliphatic rings. The number of benzene rings is 1. The van der Waals surface area contributed by atoms with Crippen LogP contribution in [0.15, 0.2) is 30.3 Å². The number of hydrogen-bond donors (Lipinski definition) is 0. The van der Waals surface area contributed by atoms with Crippen molar-refractivity contribution in [2.24, 2.45) is 5.92 Å². The number of ether oxygens (including phenoxy) is 1. The van der Waals surface area contributed by atoms with Crippen LogP contribution in [-0.4, -0.2) is 5.97 Å². The molecule has 0 spiro atoms. The monoisotopic (exact) mass is 271 g/mol. The molecule has 0 atom stereocenters. The molecule has 0 saturated heterocycles. The van der Waals surface area contributed by atoms with Crippen LogP contribution < -0.4 is 4.74 Å². The van der Waals surface area contributed by atoms with Crippen LogP contribution >= 0.6 is 0 Å². The number of esters is 1. The molecule has 0 unspecified atom stereocenters. The van der Waals surface area contributed by atoms with Gasteiger partial charge < -0.3 is 4.74 Å². The molecule has 0 bridgehead atoms. The van der Waals surface area contributed by atoms with Crippen molar-refractivity contribution in [2.75, 3.05) is 0 Å². The zero-order valence-electron chi connectivity index (χ0n) is 7.58. The molecular weight excluding hydrogens is 260 g/mol. The van der Waals surface area contributed by atoms with Crippen molar-refractivity contribution in [3.63, 3.8) is 0 Å². The largest absolute Gasteiger partial charge is 0.426 e. The first-order valence-corrected chi connectivity index (χ1v) is 3.97. The first-order valence-electron chi connectivity index (χ1n) is 3.97. The molecule has 0 aromatic heterocycles. The summed E-state index contributed by atoms with van der Waals surface area (Å²) in [4.78, 5) is 11.1. The maximum atomic E-state index is 11.1. The molecule has 0 amide bonds. The second-order valence-corrected chi connectivity index (χ2v) is 2.89. The van der Waals surface area contributed by atoms with Crippen molar-refractivity contribution in [1.82, 2.24) is 0 Å². The van der Waals surface area contributed by atoms with E-state index in [0.717, 1.165) is 0 Å². The third-order valence-electron chi connectivity index (χ3n) is 1.43. The molecule has 1 aromatic rings. The van der Waals surface area contributed by atoms with E-state index in [9.17, 15) is 4.79 Å². The van der Waals surface area contributed by atoms with E-state index in [0.29, 0.717) is 5.75 Å². The normalized spacial score (nSPS) is 9.15. The predicted molar refractivity (Wildman–Crippen MR) is 46.9 cm³/mol. The Kier molecular flexibility index (Phi) is 5.71. The van der Waals surface area contributed by atoms with Crippen LogP contribution in [0.4, 0.5) is 0 Å². The quantitative estimate of drug-likeness (QED) is 0.469. The SMILES string of the molecule is CC(C)C(=O)Oc1ccccc1.[Ag]. The molecular formula is C10H12AgO2. The van der Waals surface area contributed by atoms with Crippen LogP contribution in [0.3, 0.4) is 0 Å². The van der Waals surface area contributed by atoms with E-state index in [1.54, 1.807) is 12.1 Å². The molecule has 1 radical (unpaired) electrons. The van der Waals surface area contributed by atoms with Crippen molar-refractivity contribution in [2.45, 2.75) is 13.8 Å². The summed E-state index contributed by atoms with van der Waals surface area (Å²) in [5, 5.41) is 0. The fourth-order valence-corrected chi connectivity index (χ4v) is 0.723. The Morgan fingerprint density at radius 2 is 1.77 bits per heavy atom. The van der Waals surface area contributed by atoms with Gasteiger partial charge in [-0.25, -0.2) is 0 Å². The molecule has 2 nitrogen and oxygen atoms in total. The van der Waals surface area contributed by atoms with Gasteiger partial charge in [-0.2, -0.15) is 0 Å². The van der Waals surface area contributed by atoms with Gasteiger partial charge >= 0.3 is 5.97 Å². The third-order valence-corrected chi connectivity index (χ3v) is 1.43. The van der Waals surface area contributed by atoms with E-state index in [1.165, 1.54) is 0 Å². The van der Waals surface area contributed by atoms with Crippen molar-refractivity contribution < 1.29 is 31.9 Å². The van der Waals surface area contributed by atoms with Crippen LogP contribution in [0.2, 0.25) is 0 Å². The summed E-state index contributed by atoms with van der Waals surface area (Å²) in [6.07, 6.45) is 0. The van der Waals surface area contributed by atoms with Gasteiger partial charge in [0.15, 0.2) is 0 Å². The maximum absolute atomic E-state index is 11.1. The van der Waals surface area contributed by atoms with Gasteiger partial charge in [-0.05, 0) is 12.1 Å². The van der Waals surface area contributed by atoms with Crippen molar-refractivity contribution in [3.05, 3.63) is 30.3 Å². The molecule has 3 heteroatoms. The smallest absolute Gasteiger partial charge is 0.313 e. The minimum Gasteiger partial charge on any atom is -0.426 e. The number of carbonyl (C=O) groups is 1. The summed E-state index contributed by atoms with van der Waals surface area (Å²) in [6, 6.07) is 9.08. The molecule has 1 rings (SSSR count). The Labute approximate surface area is 93.8 Å². The van der Waals surface area contributed by atoms with Crippen LogP contribution in [0, 0.1) is 5.92 Å². The van der Waals surface area contributed by atoms with E-state index >= 15 is 0 Å². The fourth-order valence-electron chi connectivity index (χ4n) is 0.723. The molecule has 1 aromatic carbocycles. The molecule has 0 N–H and O–H groups in total.